The number of aromatic nitrogens is 4. The zero-order chi connectivity index (χ0) is 26.3. The van der Waals surface area contributed by atoms with E-state index in [-0.39, 0.29) is 12.2 Å². The quantitative estimate of drug-likeness (QED) is 0.287. The Morgan fingerprint density at radius 3 is 2.42 bits per heavy atom. The number of pyridine rings is 2. The van der Waals surface area contributed by atoms with Crippen LogP contribution >= 0.6 is 0 Å². The number of hydrogen-bond donors (Lipinski definition) is 3. The average Bonchev–Trinajstić information content (AvgIpc) is 2.89. The summed E-state index contributed by atoms with van der Waals surface area (Å²) in [5, 5.41) is 17.2. The number of nitrogen functional groups attached to an aromatic ring is 1. The molecule has 0 bridgehead atoms. The molecule has 9 heteroatoms. The zero-order valence-electron chi connectivity index (χ0n) is 20.2. The van der Waals surface area contributed by atoms with E-state index in [1.807, 2.05) is 63.4 Å². The third kappa shape index (κ3) is 5.39. The number of anilines is 1. The summed E-state index contributed by atoms with van der Waals surface area (Å²) in [6, 6.07) is 16.2. The highest BCUT2D eigenvalue weighted by Gasteiger charge is 2.22. The van der Waals surface area contributed by atoms with Crippen molar-refractivity contribution in [3.8, 4) is 39.6 Å². The first-order chi connectivity index (χ1) is 17.2. The van der Waals surface area contributed by atoms with Gasteiger partial charge in [-0.05, 0) is 56.2 Å². The van der Waals surface area contributed by atoms with Crippen LogP contribution in [0.4, 0.5) is 5.82 Å². The Kier molecular flexibility index (Phi) is 7.82. The van der Waals surface area contributed by atoms with E-state index < -0.39 is 5.41 Å². The summed E-state index contributed by atoms with van der Waals surface area (Å²) in [7, 11) is 0. The molecule has 0 unspecified atom stereocenters. The fourth-order valence-corrected chi connectivity index (χ4v) is 3.61. The molecule has 0 aliphatic heterocycles. The number of nitrogens with zero attached hydrogens (tertiary/aromatic N) is 5. The lowest BCUT2D eigenvalue weighted by Crippen LogP contribution is -2.15. The molecule has 4 rings (SSSR count). The first kappa shape index (κ1) is 25.6. The van der Waals surface area contributed by atoms with Crippen LogP contribution in [-0.2, 0) is 10.2 Å². The molecule has 0 fully saturated rings. The maximum absolute atomic E-state index is 9.48. The van der Waals surface area contributed by atoms with Crippen LogP contribution in [0.5, 0.6) is 0 Å². The SMILES string of the molecule is Cc1ncc(-c2ccnc(C(C)(C)C#N)c2)cc1-c1cccc(-c2ncnc(N)c2C=N)c1.NC=O. The van der Waals surface area contributed by atoms with Gasteiger partial charge in [-0.3, -0.25) is 14.8 Å². The van der Waals surface area contributed by atoms with Crippen LogP contribution in [0.15, 0.2) is 61.2 Å². The minimum atomic E-state index is -0.683. The van der Waals surface area contributed by atoms with Crippen molar-refractivity contribution in [2.45, 2.75) is 26.2 Å². The number of benzene rings is 1. The van der Waals surface area contributed by atoms with Crippen molar-refractivity contribution in [3.63, 3.8) is 0 Å². The van der Waals surface area contributed by atoms with Gasteiger partial charge in [0, 0.05) is 41.0 Å². The lowest BCUT2D eigenvalue weighted by Gasteiger charge is -2.16. The van der Waals surface area contributed by atoms with Crippen LogP contribution in [0, 0.1) is 23.7 Å². The molecule has 9 nitrogen and oxygen atoms in total. The van der Waals surface area contributed by atoms with Crippen LogP contribution in [0.3, 0.4) is 0 Å². The Hall–Kier alpha value is -4.97. The highest BCUT2D eigenvalue weighted by molar-refractivity contribution is 5.92. The predicted molar refractivity (Wildman–Crippen MR) is 140 cm³/mol. The van der Waals surface area contributed by atoms with E-state index in [1.54, 1.807) is 6.20 Å². The summed E-state index contributed by atoms with van der Waals surface area (Å²) in [5.74, 6) is 0.272. The third-order valence-corrected chi connectivity index (χ3v) is 5.61. The molecule has 1 aromatic carbocycles. The van der Waals surface area contributed by atoms with E-state index in [2.05, 4.69) is 37.8 Å². The molecule has 0 aliphatic rings. The van der Waals surface area contributed by atoms with E-state index in [1.165, 1.54) is 12.5 Å². The molecule has 3 aromatic heterocycles. The van der Waals surface area contributed by atoms with Crippen molar-refractivity contribution in [1.29, 1.82) is 10.7 Å². The van der Waals surface area contributed by atoms with Crippen LogP contribution in [0.1, 0.15) is 30.8 Å². The molecule has 36 heavy (non-hydrogen) atoms. The van der Waals surface area contributed by atoms with Crippen LogP contribution in [-0.4, -0.2) is 32.6 Å². The average molecular weight is 479 g/mol. The highest BCUT2D eigenvalue weighted by Crippen LogP contribution is 2.32. The lowest BCUT2D eigenvalue weighted by molar-refractivity contribution is -0.106. The molecule has 0 atom stereocenters. The predicted octanol–water partition coefficient (Wildman–Crippen LogP) is 4.06. The lowest BCUT2D eigenvalue weighted by atomic mass is 9.89. The summed E-state index contributed by atoms with van der Waals surface area (Å²) in [5.41, 5.74) is 16.8. The number of carbonyl (C=O) groups is 1. The van der Waals surface area contributed by atoms with Gasteiger partial charge in [0.25, 0.3) is 0 Å². The van der Waals surface area contributed by atoms with Crippen molar-refractivity contribution in [2.75, 3.05) is 5.73 Å². The summed E-state index contributed by atoms with van der Waals surface area (Å²) in [6.45, 7) is 5.67. The summed E-state index contributed by atoms with van der Waals surface area (Å²) in [6.07, 6.45) is 6.39. The number of hydrogen-bond acceptors (Lipinski definition) is 8. The molecule has 0 spiro atoms. The van der Waals surface area contributed by atoms with Crippen LogP contribution in [0.25, 0.3) is 33.5 Å². The molecule has 0 aliphatic carbocycles. The highest BCUT2D eigenvalue weighted by atomic mass is 16.1. The topological polar surface area (TPSA) is 168 Å². The van der Waals surface area contributed by atoms with Crippen LogP contribution < -0.4 is 11.5 Å². The van der Waals surface area contributed by atoms with Gasteiger partial charge in [0.1, 0.15) is 12.1 Å². The zero-order valence-corrected chi connectivity index (χ0v) is 20.2. The second kappa shape index (κ2) is 11.0. The van der Waals surface area contributed by atoms with E-state index in [9.17, 15) is 5.26 Å². The molecule has 4 aromatic rings. The first-order valence-corrected chi connectivity index (χ1v) is 11.0. The summed E-state index contributed by atoms with van der Waals surface area (Å²) < 4.78 is 0. The number of rotatable bonds is 5. The van der Waals surface area contributed by atoms with Crippen molar-refractivity contribution >= 4 is 18.4 Å². The second-order valence-electron chi connectivity index (χ2n) is 8.41. The van der Waals surface area contributed by atoms with Crippen molar-refractivity contribution in [3.05, 3.63) is 78.1 Å². The molecule has 3 heterocycles. The Morgan fingerprint density at radius 1 is 1.00 bits per heavy atom. The normalized spacial score (nSPS) is 10.5. The van der Waals surface area contributed by atoms with E-state index in [4.69, 9.17) is 15.9 Å². The number of nitrogens with one attached hydrogen (secondary N) is 1. The van der Waals surface area contributed by atoms with Gasteiger partial charge in [-0.25, -0.2) is 9.97 Å². The van der Waals surface area contributed by atoms with Crippen molar-refractivity contribution in [2.24, 2.45) is 5.73 Å². The molecule has 180 valence electrons. The molecule has 5 N–H and O–H groups in total. The maximum atomic E-state index is 9.48. The fraction of sp³-hybridized carbons (Fsp3) is 0.148. The van der Waals surface area contributed by atoms with Gasteiger partial charge in [-0.1, -0.05) is 18.2 Å². The second-order valence-corrected chi connectivity index (χ2v) is 8.41. The smallest absolute Gasteiger partial charge is 0.204 e. The number of nitriles is 1. The van der Waals surface area contributed by atoms with Gasteiger partial charge >= 0.3 is 0 Å². The Balaban J connectivity index is 0.00000115. The Bertz CT molecular complexity index is 1460. The number of nitrogens with two attached hydrogens (primary N) is 2. The van der Waals surface area contributed by atoms with Gasteiger partial charge in [-0.2, -0.15) is 5.26 Å². The van der Waals surface area contributed by atoms with Gasteiger partial charge in [0.15, 0.2) is 0 Å². The van der Waals surface area contributed by atoms with Crippen LogP contribution in [0.2, 0.25) is 0 Å². The van der Waals surface area contributed by atoms with E-state index >= 15 is 0 Å². The van der Waals surface area contributed by atoms with Gasteiger partial charge < -0.3 is 16.9 Å². The fourth-order valence-electron chi connectivity index (χ4n) is 3.61. The largest absolute Gasteiger partial charge is 0.383 e. The molecule has 0 saturated heterocycles. The molecule has 1 amide bonds. The number of primary amides is 1. The van der Waals surface area contributed by atoms with Crippen molar-refractivity contribution in [1.82, 2.24) is 19.9 Å². The minimum Gasteiger partial charge on any atom is -0.383 e. The van der Waals surface area contributed by atoms with Gasteiger partial charge in [0.05, 0.1) is 28.4 Å². The van der Waals surface area contributed by atoms with Gasteiger partial charge in [0.2, 0.25) is 6.41 Å². The number of aryl methyl sites for hydroxylation is 1. The number of carbonyl (C=O) groups excluding carboxylic acids is 1. The van der Waals surface area contributed by atoms with E-state index in [0.717, 1.165) is 33.5 Å². The third-order valence-electron chi connectivity index (χ3n) is 5.61. The molecule has 0 radical (unpaired) electrons. The standard InChI is InChI=1S/C26H23N7.CH3NO/c1-16-21(10-20(13-31-16)17-7-8-30-23(11-17)26(2,3)14-28)18-5-4-6-19(9-18)24-22(12-27)25(29)33-15-32-24;2-1-3/h4-13,15,27H,1-3H3,(H2,29,32,33);1H,(H2,2,3). The molecular weight excluding hydrogens is 452 g/mol. The Labute approximate surface area is 209 Å². The first-order valence-electron chi connectivity index (χ1n) is 11.0. The van der Waals surface area contributed by atoms with Gasteiger partial charge in [-0.15, -0.1) is 0 Å². The Morgan fingerprint density at radius 2 is 1.72 bits per heavy atom. The van der Waals surface area contributed by atoms with E-state index in [0.29, 0.717) is 17.0 Å². The molecule has 0 saturated carbocycles. The summed E-state index contributed by atoms with van der Waals surface area (Å²) in [4.78, 5) is 25.9. The minimum absolute atomic E-state index is 0.250. The maximum Gasteiger partial charge on any atom is 0.204 e. The number of amides is 1. The monoisotopic (exact) mass is 478 g/mol. The molecular formula is C27H26N8O. The van der Waals surface area contributed by atoms with Crippen molar-refractivity contribution < 1.29 is 4.79 Å². The summed E-state index contributed by atoms with van der Waals surface area (Å²) >= 11 is 0.